The molecule has 0 fully saturated rings. The largest absolute Gasteiger partial charge is 0.466 e. The maximum absolute atomic E-state index is 11.9. The Morgan fingerprint density at radius 1 is 1.38 bits per heavy atom. The molecule has 0 saturated carbocycles. The van der Waals surface area contributed by atoms with Gasteiger partial charge in [0, 0.05) is 11.6 Å². The van der Waals surface area contributed by atoms with Crippen LogP contribution in [0, 0.1) is 20.8 Å². The van der Waals surface area contributed by atoms with Crippen LogP contribution in [0.25, 0.3) is 0 Å². The van der Waals surface area contributed by atoms with E-state index in [0.717, 1.165) is 11.3 Å². The minimum atomic E-state index is -0.184. The van der Waals surface area contributed by atoms with Crippen molar-refractivity contribution in [3.05, 3.63) is 34.9 Å². The number of nitrogens with zero attached hydrogens (tertiary/aromatic N) is 1. The first-order valence-electron chi connectivity index (χ1n) is 4.97. The van der Waals surface area contributed by atoms with Crippen LogP contribution in [0.15, 0.2) is 16.7 Å². The second-order valence-corrected chi connectivity index (χ2v) is 3.64. The molecular weight excluding hydrogens is 206 g/mol. The number of aryl methyl sites for hydroxylation is 2. The molecule has 2 rings (SSSR count). The highest BCUT2D eigenvalue weighted by molar-refractivity contribution is 6.05. The van der Waals surface area contributed by atoms with Crippen molar-refractivity contribution in [3.8, 4) is 0 Å². The Labute approximate surface area is 92.9 Å². The van der Waals surface area contributed by atoms with Crippen LogP contribution < -0.4 is 5.32 Å². The lowest BCUT2D eigenvalue weighted by Gasteiger charge is -2.01. The van der Waals surface area contributed by atoms with Gasteiger partial charge in [-0.3, -0.25) is 9.89 Å². The number of amides is 1. The van der Waals surface area contributed by atoms with Crippen molar-refractivity contribution in [2.75, 3.05) is 5.32 Å². The number of hydrogen-bond donors (Lipinski definition) is 2. The van der Waals surface area contributed by atoms with Gasteiger partial charge in [0.2, 0.25) is 0 Å². The average molecular weight is 219 g/mol. The summed E-state index contributed by atoms with van der Waals surface area (Å²) in [5.74, 6) is 1.79. The van der Waals surface area contributed by atoms with Gasteiger partial charge in [-0.2, -0.15) is 5.10 Å². The number of anilines is 1. The fraction of sp³-hybridized carbons (Fsp3) is 0.273. The molecule has 0 saturated heterocycles. The van der Waals surface area contributed by atoms with Crippen LogP contribution in [-0.4, -0.2) is 16.1 Å². The summed E-state index contributed by atoms with van der Waals surface area (Å²) in [4.78, 5) is 11.9. The molecule has 2 N–H and O–H groups in total. The Hall–Kier alpha value is -2.04. The normalized spacial score (nSPS) is 10.4. The van der Waals surface area contributed by atoms with Gasteiger partial charge < -0.3 is 9.73 Å². The van der Waals surface area contributed by atoms with Gasteiger partial charge in [0.1, 0.15) is 17.3 Å². The van der Waals surface area contributed by atoms with E-state index in [0.29, 0.717) is 17.1 Å². The fourth-order valence-electron chi connectivity index (χ4n) is 1.64. The number of carbonyl (C=O) groups is 1. The Balaban J connectivity index is 2.27. The Kier molecular flexibility index (Phi) is 2.52. The Morgan fingerprint density at radius 2 is 2.12 bits per heavy atom. The van der Waals surface area contributed by atoms with Crippen molar-refractivity contribution in [2.24, 2.45) is 0 Å². The summed E-state index contributed by atoms with van der Waals surface area (Å²) in [6.07, 6.45) is 1.58. The summed E-state index contributed by atoms with van der Waals surface area (Å²) >= 11 is 0. The molecule has 0 aliphatic rings. The first-order chi connectivity index (χ1) is 7.59. The highest BCUT2D eigenvalue weighted by Crippen LogP contribution is 2.21. The Bertz CT molecular complexity index is 512. The van der Waals surface area contributed by atoms with E-state index >= 15 is 0 Å². The number of aromatic nitrogens is 2. The van der Waals surface area contributed by atoms with Gasteiger partial charge in [-0.05, 0) is 20.8 Å². The molecule has 0 spiro atoms. The number of aromatic amines is 1. The minimum absolute atomic E-state index is 0.184. The van der Waals surface area contributed by atoms with Crippen LogP contribution in [0.4, 0.5) is 5.82 Å². The van der Waals surface area contributed by atoms with E-state index in [9.17, 15) is 4.79 Å². The van der Waals surface area contributed by atoms with Crippen LogP contribution in [0.1, 0.15) is 27.4 Å². The van der Waals surface area contributed by atoms with Crippen molar-refractivity contribution in [1.82, 2.24) is 10.2 Å². The lowest BCUT2D eigenvalue weighted by molar-refractivity contribution is 0.102. The zero-order chi connectivity index (χ0) is 11.7. The number of H-pyrrole nitrogens is 1. The summed E-state index contributed by atoms with van der Waals surface area (Å²) < 4.78 is 5.40. The molecule has 1 amide bonds. The number of rotatable bonds is 2. The topological polar surface area (TPSA) is 70.9 Å². The molecule has 2 aromatic rings. The number of nitrogens with one attached hydrogen (secondary N) is 2. The lowest BCUT2D eigenvalue weighted by Crippen LogP contribution is -2.13. The van der Waals surface area contributed by atoms with Gasteiger partial charge in [0.25, 0.3) is 5.91 Å². The molecule has 2 heterocycles. The predicted molar refractivity (Wildman–Crippen MR) is 59.5 cm³/mol. The molecule has 84 valence electrons. The first-order valence-corrected chi connectivity index (χ1v) is 4.97. The van der Waals surface area contributed by atoms with E-state index in [1.807, 2.05) is 13.8 Å². The summed E-state index contributed by atoms with van der Waals surface area (Å²) in [6, 6.07) is 1.69. The molecule has 0 unspecified atom stereocenters. The number of hydrogen-bond acceptors (Lipinski definition) is 3. The summed E-state index contributed by atoms with van der Waals surface area (Å²) in [6.45, 7) is 5.49. The highest BCUT2D eigenvalue weighted by atomic mass is 16.3. The Morgan fingerprint density at radius 3 is 2.62 bits per heavy atom. The van der Waals surface area contributed by atoms with Crippen LogP contribution in [0.5, 0.6) is 0 Å². The quantitative estimate of drug-likeness (QED) is 0.813. The van der Waals surface area contributed by atoms with E-state index < -0.39 is 0 Å². The first kappa shape index (κ1) is 10.5. The van der Waals surface area contributed by atoms with Gasteiger partial charge in [-0.25, -0.2) is 0 Å². The van der Waals surface area contributed by atoms with E-state index in [4.69, 9.17) is 4.42 Å². The second-order valence-electron chi connectivity index (χ2n) is 3.64. The monoisotopic (exact) mass is 219 g/mol. The molecule has 5 heteroatoms. The molecule has 0 atom stereocenters. The van der Waals surface area contributed by atoms with Gasteiger partial charge in [0.05, 0.1) is 11.8 Å². The van der Waals surface area contributed by atoms with Crippen molar-refractivity contribution in [3.63, 3.8) is 0 Å². The maximum Gasteiger partial charge on any atom is 0.260 e. The third-order valence-corrected chi connectivity index (χ3v) is 2.54. The molecule has 16 heavy (non-hydrogen) atoms. The summed E-state index contributed by atoms with van der Waals surface area (Å²) in [5.41, 5.74) is 1.46. The molecule has 5 nitrogen and oxygen atoms in total. The molecule has 0 aliphatic heterocycles. The lowest BCUT2D eigenvalue weighted by atomic mass is 10.1. The van der Waals surface area contributed by atoms with Crippen molar-refractivity contribution >= 4 is 11.7 Å². The van der Waals surface area contributed by atoms with Crippen LogP contribution in [-0.2, 0) is 0 Å². The fourth-order valence-corrected chi connectivity index (χ4v) is 1.64. The summed E-state index contributed by atoms with van der Waals surface area (Å²) in [7, 11) is 0. The predicted octanol–water partition coefficient (Wildman–Crippen LogP) is 2.18. The summed E-state index contributed by atoms with van der Waals surface area (Å²) in [5, 5.41) is 9.14. The highest BCUT2D eigenvalue weighted by Gasteiger charge is 2.18. The maximum atomic E-state index is 11.9. The third-order valence-electron chi connectivity index (χ3n) is 2.54. The number of carbonyl (C=O) groups excluding carboxylic acids is 1. The van der Waals surface area contributed by atoms with Crippen molar-refractivity contribution in [2.45, 2.75) is 20.8 Å². The van der Waals surface area contributed by atoms with Gasteiger partial charge in [-0.1, -0.05) is 0 Å². The van der Waals surface area contributed by atoms with Crippen molar-refractivity contribution < 1.29 is 9.21 Å². The van der Waals surface area contributed by atoms with Crippen LogP contribution in [0.3, 0.4) is 0 Å². The van der Waals surface area contributed by atoms with Crippen LogP contribution in [0.2, 0.25) is 0 Å². The van der Waals surface area contributed by atoms with Gasteiger partial charge >= 0.3 is 0 Å². The molecule has 2 aromatic heterocycles. The zero-order valence-electron chi connectivity index (χ0n) is 9.42. The standard InChI is InChI=1S/C11H13N3O2/c1-6-7(2)16-8(3)10(6)11(15)13-9-4-5-12-14-9/h4-5H,1-3H3,(H2,12,13,14,15). The van der Waals surface area contributed by atoms with Crippen LogP contribution >= 0.6 is 0 Å². The van der Waals surface area contributed by atoms with E-state index in [2.05, 4.69) is 15.5 Å². The minimum Gasteiger partial charge on any atom is -0.466 e. The zero-order valence-corrected chi connectivity index (χ0v) is 9.42. The SMILES string of the molecule is Cc1oc(C)c(C(=O)Nc2ccn[nH]2)c1C. The third kappa shape index (κ3) is 1.71. The molecule has 0 bridgehead atoms. The van der Waals surface area contributed by atoms with Gasteiger partial charge in [0.15, 0.2) is 0 Å². The molecular formula is C11H13N3O2. The average Bonchev–Trinajstić information content (AvgIpc) is 2.77. The van der Waals surface area contributed by atoms with E-state index in [1.165, 1.54) is 0 Å². The van der Waals surface area contributed by atoms with Crippen molar-refractivity contribution in [1.29, 1.82) is 0 Å². The van der Waals surface area contributed by atoms with E-state index in [1.54, 1.807) is 19.2 Å². The second kappa shape index (κ2) is 3.84. The molecule has 0 radical (unpaired) electrons. The smallest absolute Gasteiger partial charge is 0.260 e. The van der Waals surface area contributed by atoms with E-state index in [-0.39, 0.29) is 5.91 Å². The van der Waals surface area contributed by atoms with Gasteiger partial charge in [-0.15, -0.1) is 0 Å². The molecule has 0 aromatic carbocycles. The number of furan rings is 1. The molecule has 0 aliphatic carbocycles.